The van der Waals surface area contributed by atoms with E-state index in [2.05, 4.69) is 34.6 Å². The number of rotatable bonds is 4. The molecule has 1 saturated heterocycles. The van der Waals surface area contributed by atoms with E-state index >= 15 is 0 Å². The Morgan fingerprint density at radius 2 is 2.28 bits per heavy atom. The summed E-state index contributed by atoms with van der Waals surface area (Å²) < 4.78 is 7.53. The Bertz CT molecular complexity index is 628. The molecule has 4 unspecified atom stereocenters. The van der Waals surface area contributed by atoms with Gasteiger partial charge in [0.2, 0.25) is 0 Å². The van der Waals surface area contributed by atoms with Crippen molar-refractivity contribution in [1.82, 2.24) is 20.4 Å². The van der Waals surface area contributed by atoms with Crippen molar-refractivity contribution in [2.24, 2.45) is 23.4 Å². The molecular weight excluding hydrogens is 433 g/mol. The van der Waals surface area contributed by atoms with E-state index in [1.165, 1.54) is 0 Å². The molecule has 0 bridgehead atoms. The maximum atomic E-state index is 10.7. The fourth-order valence-corrected chi connectivity index (χ4v) is 4.02. The van der Waals surface area contributed by atoms with Crippen molar-refractivity contribution in [3.05, 3.63) is 18.0 Å². The van der Waals surface area contributed by atoms with Crippen LogP contribution >= 0.6 is 24.0 Å². The van der Waals surface area contributed by atoms with Gasteiger partial charge in [-0.2, -0.15) is 5.10 Å². The molecule has 0 radical (unpaired) electrons. The summed E-state index contributed by atoms with van der Waals surface area (Å²) in [5, 5.41) is 21.6. The number of guanidine groups is 1. The lowest BCUT2D eigenvalue weighted by Gasteiger charge is -2.55. The molecule has 2 aliphatic rings. The molecule has 2 fully saturated rings. The zero-order chi connectivity index (χ0) is 17.5. The molecule has 25 heavy (non-hydrogen) atoms. The molecule has 4 atom stereocenters. The predicted octanol–water partition coefficient (Wildman–Crippen LogP) is 1.22. The summed E-state index contributed by atoms with van der Waals surface area (Å²) in [5.74, 6) is 1.25. The normalized spacial score (nSPS) is 29.8. The Balaban J connectivity index is 0.00000225. The zero-order valence-electron chi connectivity index (χ0n) is 15.6. The van der Waals surface area contributed by atoms with Crippen molar-refractivity contribution >= 4 is 29.9 Å². The molecule has 0 spiro atoms. The first-order valence-corrected chi connectivity index (χ1v) is 8.56. The summed E-state index contributed by atoms with van der Waals surface area (Å²) in [6.45, 7) is 7.44. The highest BCUT2D eigenvalue weighted by Gasteiger charge is 2.59. The number of aromatic nitrogens is 2. The van der Waals surface area contributed by atoms with Crippen LogP contribution in [0.1, 0.15) is 32.8 Å². The summed E-state index contributed by atoms with van der Waals surface area (Å²) in [5.41, 5.74) is -0.147. The van der Waals surface area contributed by atoms with Crippen LogP contribution in [0.25, 0.3) is 0 Å². The van der Waals surface area contributed by atoms with E-state index in [9.17, 15) is 5.11 Å². The van der Waals surface area contributed by atoms with Gasteiger partial charge in [0.05, 0.1) is 18.8 Å². The van der Waals surface area contributed by atoms with Gasteiger partial charge < -0.3 is 20.5 Å². The van der Waals surface area contributed by atoms with E-state index in [0.29, 0.717) is 30.6 Å². The minimum Gasteiger partial charge on any atom is -0.383 e. The number of nitrogens with zero attached hydrogens (tertiary/aromatic N) is 3. The van der Waals surface area contributed by atoms with E-state index < -0.39 is 5.60 Å². The molecule has 1 aromatic heterocycles. The molecule has 1 aliphatic carbocycles. The van der Waals surface area contributed by atoms with E-state index in [-0.39, 0.29) is 29.4 Å². The van der Waals surface area contributed by atoms with Crippen LogP contribution in [-0.4, -0.2) is 53.2 Å². The number of aliphatic imine (C=N–C) groups is 1. The van der Waals surface area contributed by atoms with Gasteiger partial charge in [0.15, 0.2) is 5.96 Å². The first-order chi connectivity index (χ1) is 11.3. The van der Waals surface area contributed by atoms with E-state index in [1.807, 2.05) is 13.2 Å². The number of aryl methyl sites for hydroxylation is 1. The second kappa shape index (κ2) is 7.40. The molecule has 0 amide bonds. The minimum atomic E-state index is -1.01. The third kappa shape index (κ3) is 3.80. The molecule has 3 N–H and O–H groups in total. The fraction of sp³-hybridized carbons (Fsp3) is 0.765. The number of fused-ring (bicyclic) bond motifs is 1. The van der Waals surface area contributed by atoms with Gasteiger partial charge in [-0.05, 0) is 13.3 Å². The number of halogens is 1. The van der Waals surface area contributed by atoms with Gasteiger partial charge in [-0.3, -0.25) is 9.67 Å². The van der Waals surface area contributed by atoms with Crippen LogP contribution in [0.3, 0.4) is 0 Å². The van der Waals surface area contributed by atoms with Crippen molar-refractivity contribution in [3.8, 4) is 0 Å². The van der Waals surface area contributed by atoms with E-state index in [0.717, 1.165) is 18.6 Å². The van der Waals surface area contributed by atoms with E-state index in [4.69, 9.17) is 4.74 Å². The topological polar surface area (TPSA) is 83.7 Å². The summed E-state index contributed by atoms with van der Waals surface area (Å²) in [6.07, 6.45) is 4.95. The van der Waals surface area contributed by atoms with Gasteiger partial charge in [0.1, 0.15) is 5.60 Å². The van der Waals surface area contributed by atoms with Gasteiger partial charge in [0.25, 0.3) is 0 Å². The van der Waals surface area contributed by atoms with Crippen LogP contribution in [0.2, 0.25) is 0 Å². The smallest absolute Gasteiger partial charge is 0.191 e. The highest BCUT2D eigenvalue weighted by molar-refractivity contribution is 14.0. The Morgan fingerprint density at radius 3 is 2.88 bits per heavy atom. The van der Waals surface area contributed by atoms with Gasteiger partial charge in [-0.15, -0.1) is 24.0 Å². The average Bonchev–Trinajstić information content (AvgIpc) is 3.15. The molecule has 3 rings (SSSR count). The second-order valence-corrected chi connectivity index (χ2v) is 7.79. The standard InChI is InChI=1S/C17H29N5O2.HI/c1-16(2)13(12-6-7-24-14(12)16)21-15(18-4)19-10-17(3,23)11-8-20-22(5)9-11;/h8-9,12-14,23H,6-7,10H2,1-5H3,(H2,18,19,21);1H. The summed E-state index contributed by atoms with van der Waals surface area (Å²) in [7, 11) is 3.59. The summed E-state index contributed by atoms with van der Waals surface area (Å²) in [4.78, 5) is 4.31. The molecule has 142 valence electrons. The largest absolute Gasteiger partial charge is 0.383 e. The van der Waals surface area contributed by atoms with Crippen molar-refractivity contribution < 1.29 is 9.84 Å². The van der Waals surface area contributed by atoms with Crippen LogP contribution in [0, 0.1) is 11.3 Å². The number of hydrogen-bond acceptors (Lipinski definition) is 4. The summed E-state index contributed by atoms with van der Waals surface area (Å²) >= 11 is 0. The van der Waals surface area contributed by atoms with Crippen LogP contribution in [-0.2, 0) is 17.4 Å². The highest BCUT2D eigenvalue weighted by Crippen LogP contribution is 2.52. The predicted molar refractivity (Wildman–Crippen MR) is 108 cm³/mol. The van der Waals surface area contributed by atoms with Crippen LogP contribution < -0.4 is 10.6 Å². The Hall–Kier alpha value is -0.870. The lowest BCUT2D eigenvalue weighted by molar-refractivity contribution is -0.106. The van der Waals surface area contributed by atoms with Gasteiger partial charge in [-0.1, -0.05) is 13.8 Å². The first-order valence-electron chi connectivity index (χ1n) is 8.56. The lowest BCUT2D eigenvalue weighted by Crippen LogP contribution is -2.68. The monoisotopic (exact) mass is 463 g/mol. The molecule has 1 aliphatic heterocycles. The van der Waals surface area contributed by atoms with Crippen LogP contribution in [0.4, 0.5) is 0 Å². The third-order valence-corrected chi connectivity index (χ3v) is 5.54. The van der Waals surface area contributed by atoms with Gasteiger partial charge in [0, 0.05) is 49.8 Å². The molecular formula is C17H30IN5O2. The maximum Gasteiger partial charge on any atom is 0.191 e. The molecule has 7 nitrogen and oxygen atoms in total. The second-order valence-electron chi connectivity index (χ2n) is 7.79. The molecule has 8 heteroatoms. The Labute approximate surface area is 166 Å². The Morgan fingerprint density at radius 1 is 1.56 bits per heavy atom. The van der Waals surface area contributed by atoms with Crippen molar-refractivity contribution in [2.75, 3.05) is 20.2 Å². The van der Waals surface area contributed by atoms with Gasteiger partial charge >= 0.3 is 0 Å². The third-order valence-electron chi connectivity index (χ3n) is 5.54. The van der Waals surface area contributed by atoms with Crippen molar-refractivity contribution in [3.63, 3.8) is 0 Å². The van der Waals surface area contributed by atoms with Crippen LogP contribution in [0.15, 0.2) is 17.4 Å². The maximum absolute atomic E-state index is 10.7. The van der Waals surface area contributed by atoms with E-state index in [1.54, 1.807) is 24.9 Å². The fourth-order valence-electron chi connectivity index (χ4n) is 4.02. The number of aliphatic hydroxyl groups is 1. The molecule has 1 aromatic rings. The number of nitrogens with one attached hydrogen (secondary N) is 2. The quantitative estimate of drug-likeness (QED) is 0.356. The minimum absolute atomic E-state index is 0. The van der Waals surface area contributed by atoms with Crippen molar-refractivity contribution in [1.29, 1.82) is 0 Å². The number of ether oxygens (including phenoxy) is 1. The average molecular weight is 463 g/mol. The van der Waals surface area contributed by atoms with Gasteiger partial charge in [-0.25, -0.2) is 0 Å². The summed E-state index contributed by atoms with van der Waals surface area (Å²) in [6, 6.07) is 0.333. The van der Waals surface area contributed by atoms with Crippen molar-refractivity contribution in [2.45, 2.75) is 44.9 Å². The zero-order valence-corrected chi connectivity index (χ0v) is 17.9. The Kier molecular flexibility index (Phi) is 6.05. The highest BCUT2D eigenvalue weighted by atomic mass is 127. The lowest BCUT2D eigenvalue weighted by atomic mass is 9.57. The molecule has 2 heterocycles. The molecule has 0 aromatic carbocycles. The molecule has 1 saturated carbocycles. The SMILES string of the molecule is CN=C(NCC(C)(O)c1cnn(C)c1)NC1C2CCOC2C1(C)C.I. The van der Waals surface area contributed by atoms with Crippen LogP contribution in [0.5, 0.6) is 0 Å². The first kappa shape index (κ1) is 20.4. The number of hydrogen-bond donors (Lipinski definition) is 3.